The Kier molecular flexibility index (Phi) is 2.97. The van der Waals surface area contributed by atoms with Crippen molar-refractivity contribution in [3.05, 3.63) is 29.3 Å². The Balaban J connectivity index is 2.42. The Morgan fingerprint density at radius 2 is 2.19 bits per heavy atom. The minimum Gasteiger partial charge on any atom is -0.389 e. The summed E-state index contributed by atoms with van der Waals surface area (Å²) in [6.45, 7) is 4.45. The highest BCUT2D eigenvalue weighted by Gasteiger charge is 2.22. The van der Waals surface area contributed by atoms with Gasteiger partial charge in [-0.3, -0.25) is 4.79 Å². The zero-order valence-corrected chi connectivity index (χ0v) is 9.73. The van der Waals surface area contributed by atoms with Crippen LogP contribution in [0.1, 0.15) is 37.5 Å². The molecule has 0 saturated carbocycles. The van der Waals surface area contributed by atoms with Crippen LogP contribution in [-0.4, -0.2) is 17.6 Å². The summed E-state index contributed by atoms with van der Waals surface area (Å²) < 4.78 is 0. The van der Waals surface area contributed by atoms with Crippen LogP contribution in [0.2, 0.25) is 0 Å². The Hall–Kier alpha value is -1.35. The number of hydrogen-bond donors (Lipinski definition) is 1. The molecule has 1 N–H and O–H groups in total. The van der Waals surface area contributed by atoms with Crippen LogP contribution in [0.4, 0.5) is 5.69 Å². The van der Waals surface area contributed by atoms with Gasteiger partial charge in [-0.15, -0.1) is 0 Å². The van der Waals surface area contributed by atoms with Gasteiger partial charge in [0.2, 0.25) is 5.91 Å². The number of carbonyl (C=O) groups excluding carboxylic acids is 1. The van der Waals surface area contributed by atoms with Crippen LogP contribution in [0.5, 0.6) is 0 Å². The molecule has 0 bridgehead atoms. The summed E-state index contributed by atoms with van der Waals surface area (Å²) in [5.74, 6) is 0.194. The van der Waals surface area contributed by atoms with E-state index in [2.05, 4.69) is 0 Å². The maximum absolute atomic E-state index is 11.7. The third-order valence-corrected chi connectivity index (χ3v) is 3.10. The number of aryl methyl sites for hydroxylation is 1. The zero-order valence-electron chi connectivity index (χ0n) is 9.73. The van der Waals surface area contributed by atoms with Crippen molar-refractivity contribution in [1.29, 1.82) is 0 Å². The summed E-state index contributed by atoms with van der Waals surface area (Å²) in [5.41, 5.74) is 3.09. The molecule has 1 atom stereocenters. The molecule has 1 aromatic carbocycles. The van der Waals surface area contributed by atoms with E-state index in [1.165, 1.54) is 5.56 Å². The lowest BCUT2D eigenvalue weighted by atomic mass is 9.97. The molecule has 2 rings (SSSR count). The van der Waals surface area contributed by atoms with Gasteiger partial charge in [0.15, 0.2) is 0 Å². The van der Waals surface area contributed by atoms with Gasteiger partial charge in [0.05, 0.1) is 6.10 Å². The van der Waals surface area contributed by atoms with Crippen molar-refractivity contribution in [2.24, 2.45) is 0 Å². The van der Waals surface area contributed by atoms with Crippen molar-refractivity contribution < 1.29 is 9.90 Å². The van der Waals surface area contributed by atoms with E-state index in [0.29, 0.717) is 13.0 Å². The van der Waals surface area contributed by atoms with Crippen LogP contribution in [0.15, 0.2) is 18.2 Å². The number of fused-ring (bicyclic) bond motifs is 1. The number of carbonyl (C=O) groups is 1. The smallest absolute Gasteiger partial charge is 0.227 e. The van der Waals surface area contributed by atoms with E-state index in [1.54, 1.807) is 6.92 Å². The monoisotopic (exact) mass is 219 g/mol. The maximum Gasteiger partial charge on any atom is 0.227 e. The van der Waals surface area contributed by atoms with Gasteiger partial charge in [0, 0.05) is 18.7 Å². The van der Waals surface area contributed by atoms with E-state index in [4.69, 9.17) is 0 Å². The van der Waals surface area contributed by atoms with Gasteiger partial charge in [-0.1, -0.05) is 12.1 Å². The molecule has 0 saturated heterocycles. The van der Waals surface area contributed by atoms with Gasteiger partial charge < -0.3 is 10.0 Å². The summed E-state index contributed by atoms with van der Waals surface area (Å²) in [5, 5.41) is 9.52. The van der Waals surface area contributed by atoms with E-state index < -0.39 is 6.10 Å². The van der Waals surface area contributed by atoms with Crippen LogP contribution in [-0.2, 0) is 11.2 Å². The molecule has 1 aromatic rings. The standard InChI is InChI=1S/C13H17NO2/c1-3-14-12-6-4-10(9(2)15)8-11(12)5-7-13(14)16/h4,6,8-9,15H,3,5,7H2,1-2H3. The van der Waals surface area contributed by atoms with Crippen molar-refractivity contribution in [2.45, 2.75) is 32.8 Å². The summed E-state index contributed by atoms with van der Waals surface area (Å²) in [7, 11) is 0. The largest absolute Gasteiger partial charge is 0.389 e. The second-order valence-corrected chi connectivity index (χ2v) is 4.20. The molecule has 1 heterocycles. The van der Waals surface area contributed by atoms with Crippen LogP contribution in [0, 0.1) is 0 Å². The first kappa shape index (κ1) is 11.1. The Morgan fingerprint density at radius 3 is 2.81 bits per heavy atom. The average molecular weight is 219 g/mol. The summed E-state index contributed by atoms with van der Waals surface area (Å²) in [6.07, 6.45) is 0.910. The highest BCUT2D eigenvalue weighted by molar-refractivity contribution is 5.96. The molecule has 86 valence electrons. The summed E-state index contributed by atoms with van der Waals surface area (Å²) in [4.78, 5) is 13.5. The second kappa shape index (κ2) is 4.26. The lowest BCUT2D eigenvalue weighted by Gasteiger charge is -2.29. The zero-order chi connectivity index (χ0) is 11.7. The highest BCUT2D eigenvalue weighted by Crippen LogP contribution is 2.30. The first-order chi connectivity index (χ1) is 7.63. The first-order valence-corrected chi connectivity index (χ1v) is 5.74. The number of amides is 1. The number of aliphatic hydroxyl groups excluding tert-OH is 1. The van der Waals surface area contributed by atoms with Gasteiger partial charge in [0.25, 0.3) is 0 Å². The summed E-state index contributed by atoms with van der Waals surface area (Å²) >= 11 is 0. The van der Waals surface area contributed by atoms with E-state index in [9.17, 15) is 9.90 Å². The number of nitrogens with zero attached hydrogens (tertiary/aromatic N) is 1. The normalized spacial score (nSPS) is 17.2. The highest BCUT2D eigenvalue weighted by atomic mass is 16.3. The van der Waals surface area contributed by atoms with Crippen LogP contribution in [0.25, 0.3) is 0 Å². The van der Waals surface area contributed by atoms with Crippen molar-refractivity contribution in [3.63, 3.8) is 0 Å². The molecule has 1 aliphatic rings. The van der Waals surface area contributed by atoms with Gasteiger partial charge >= 0.3 is 0 Å². The van der Waals surface area contributed by atoms with Crippen molar-refractivity contribution in [2.75, 3.05) is 11.4 Å². The molecular formula is C13H17NO2. The Morgan fingerprint density at radius 1 is 1.44 bits per heavy atom. The van der Waals surface area contributed by atoms with Gasteiger partial charge in [-0.25, -0.2) is 0 Å². The van der Waals surface area contributed by atoms with Crippen LogP contribution < -0.4 is 4.90 Å². The molecule has 0 aromatic heterocycles. The third-order valence-electron chi connectivity index (χ3n) is 3.10. The fourth-order valence-corrected chi connectivity index (χ4v) is 2.19. The number of rotatable bonds is 2. The maximum atomic E-state index is 11.7. The van der Waals surface area contributed by atoms with Gasteiger partial charge in [0.1, 0.15) is 0 Å². The fraction of sp³-hybridized carbons (Fsp3) is 0.462. The molecule has 1 unspecified atom stereocenters. The molecule has 3 heteroatoms. The second-order valence-electron chi connectivity index (χ2n) is 4.20. The molecule has 0 spiro atoms. The number of benzene rings is 1. The van der Waals surface area contributed by atoms with Crippen LogP contribution in [0.3, 0.4) is 0 Å². The quantitative estimate of drug-likeness (QED) is 0.827. The Bertz CT molecular complexity index is 412. The molecule has 3 nitrogen and oxygen atoms in total. The van der Waals surface area contributed by atoms with E-state index in [1.807, 2.05) is 30.0 Å². The Labute approximate surface area is 95.7 Å². The van der Waals surface area contributed by atoms with Crippen molar-refractivity contribution >= 4 is 11.6 Å². The van der Waals surface area contributed by atoms with Gasteiger partial charge in [-0.2, -0.15) is 0 Å². The van der Waals surface area contributed by atoms with Crippen LogP contribution >= 0.6 is 0 Å². The lowest BCUT2D eigenvalue weighted by Crippen LogP contribution is -2.34. The number of anilines is 1. The SMILES string of the molecule is CCN1C(=O)CCc2cc(C(C)O)ccc21. The molecule has 1 aliphatic heterocycles. The number of aliphatic hydroxyl groups is 1. The molecule has 1 amide bonds. The summed E-state index contributed by atoms with van der Waals surface area (Å²) in [6, 6.07) is 5.85. The molecule has 0 fully saturated rings. The average Bonchev–Trinajstić information content (AvgIpc) is 2.28. The molecular weight excluding hydrogens is 202 g/mol. The minimum atomic E-state index is -0.446. The predicted molar refractivity (Wildman–Crippen MR) is 63.4 cm³/mol. The van der Waals surface area contributed by atoms with E-state index >= 15 is 0 Å². The molecule has 0 aliphatic carbocycles. The topological polar surface area (TPSA) is 40.5 Å². The lowest BCUT2D eigenvalue weighted by molar-refractivity contribution is -0.118. The number of hydrogen-bond acceptors (Lipinski definition) is 2. The first-order valence-electron chi connectivity index (χ1n) is 5.74. The molecule has 0 radical (unpaired) electrons. The minimum absolute atomic E-state index is 0.194. The van der Waals surface area contributed by atoms with E-state index in [0.717, 1.165) is 17.7 Å². The third kappa shape index (κ3) is 1.83. The molecule has 16 heavy (non-hydrogen) atoms. The van der Waals surface area contributed by atoms with Gasteiger partial charge in [-0.05, 0) is 37.5 Å². The van der Waals surface area contributed by atoms with E-state index in [-0.39, 0.29) is 5.91 Å². The predicted octanol–water partition coefficient (Wildman–Crippen LogP) is 2.04. The van der Waals surface area contributed by atoms with Crippen molar-refractivity contribution in [1.82, 2.24) is 0 Å². The van der Waals surface area contributed by atoms with Crippen molar-refractivity contribution in [3.8, 4) is 0 Å². The fourth-order valence-electron chi connectivity index (χ4n) is 2.19.